The molecule has 23 heavy (non-hydrogen) atoms. The Morgan fingerprint density at radius 2 is 1.61 bits per heavy atom. The first-order valence-corrected chi connectivity index (χ1v) is 8.60. The lowest BCUT2D eigenvalue weighted by molar-refractivity contribution is 0.374. The molecule has 2 aromatic carbocycles. The van der Waals surface area contributed by atoms with Crippen LogP contribution in [-0.4, -0.2) is 6.54 Å². The van der Waals surface area contributed by atoms with Gasteiger partial charge in [0.1, 0.15) is 0 Å². The first-order chi connectivity index (χ1) is 11.2. The maximum Gasteiger partial charge on any atom is 0.0149 e. The van der Waals surface area contributed by atoms with Crippen molar-refractivity contribution in [1.82, 2.24) is 5.32 Å². The second kappa shape index (κ2) is 8.57. The molecule has 1 heteroatoms. The molecule has 0 saturated heterocycles. The van der Waals surface area contributed by atoms with Gasteiger partial charge in [-0.15, -0.1) is 0 Å². The average Bonchev–Trinajstić information content (AvgIpc) is 2.61. The molecule has 2 aromatic rings. The van der Waals surface area contributed by atoms with Crippen molar-refractivity contribution < 1.29 is 0 Å². The Balaban J connectivity index is 2.07. The Labute approximate surface area is 141 Å². The molecule has 0 radical (unpaired) electrons. The van der Waals surface area contributed by atoms with E-state index < -0.39 is 0 Å². The van der Waals surface area contributed by atoms with Gasteiger partial charge in [-0.1, -0.05) is 81.1 Å². The van der Waals surface area contributed by atoms with E-state index in [4.69, 9.17) is 0 Å². The molecule has 0 fully saturated rings. The summed E-state index contributed by atoms with van der Waals surface area (Å²) in [6.45, 7) is 9.45. The van der Waals surface area contributed by atoms with Crippen molar-refractivity contribution in [2.75, 3.05) is 6.54 Å². The van der Waals surface area contributed by atoms with Crippen molar-refractivity contribution in [3.63, 3.8) is 0 Å². The molecular weight excluding hydrogens is 278 g/mol. The van der Waals surface area contributed by atoms with Crippen LogP contribution in [0, 0.1) is 0 Å². The third kappa shape index (κ3) is 4.99. The summed E-state index contributed by atoms with van der Waals surface area (Å²) in [6.07, 6.45) is 5.29. The lowest BCUT2D eigenvalue weighted by Gasteiger charge is -2.32. The van der Waals surface area contributed by atoms with Crippen LogP contribution in [0.15, 0.2) is 73.4 Å². The molecule has 1 nitrogen and oxygen atoms in total. The van der Waals surface area contributed by atoms with Crippen LogP contribution in [0.1, 0.15) is 50.2 Å². The van der Waals surface area contributed by atoms with E-state index in [9.17, 15) is 0 Å². The van der Waals surface area contributed by atoms with Crippen molar-refractivity contribution in [3.05, 3.63) is 84.6 Å². The minimum atomic E-state index is 0.195. The van der Waals surface area contributed by atoms with Gasteiger partial charge in [-0.25, -0.2) is 0 Å². The van der Waals surface area contributed by atoms with Gasteiger partial charge in [0, 0.05) is 6.54 Å². The molecule has 2 rings (SSSR count). The summed E-state index contributed by atoms with van der Waals surface area (Å²) in [5.74, 6) is 0.589. The Kier molecular flexibility index (Phi) is 6.46. The molecule has 0 aliphatic rings. The molecule has 0 heterocycles. The van der Waals surface area contributed by atoms with E-state index in [1.54, 1.807) is 6.20 Å². The molecule has 0 aliphatic carbocycles. The van der Waals surface area contributed by atoms with Crippen molar-refractivity contribution in [1.29, 1.82) is 0 Å². The van der Waals surface area contributed by atoms with Crippen LogP contribution in [0.5, 0.6) is 0 Å². The molecule has 0 aromatic heterocycles. The number of rotatable bonds is 9. The summed E-state index contributed by atoms with van der Waals surface area (Å²) in [5, 5.41) is 3.26. The van der Waals surface area contributed by atoms with Crippen molar-refractivity contribution in [3.8, 4) is 0 Å². The second-order valence-electron chi connectivity index (χ2n) is 6.69. The monoisotopic (exact) mass is 307 g/mol. The van der Waals surface area contributed by atoms with Crippen molar-refractivity contribution in [2.45, 2.75) is 44.4 Å². The van der Waals surface area contributed by atoms with Crippen molar-refractivity contribution >= 4 is 0 Å². The highest BCUT2D eigenvalue weighted by atomic mass is 14.8. The maximum absolute atomic E-state index is 3.76. The van der Waals surface area contributed by atoms with Crippen LogP contribution in [0.4, 0.5) is 0 Å². The maximum atomic E-state index is 3.76. The van der Waals surface area contributed by atoms with Gasteiger partial charge in [0.25, 0.3) is 0 Å². The van der Waals surface area contributed by atoms with Gasteiger partial charge in [-0.05, 0) is 47.9 Å². The number of benzene rings is 2. The molecule has 122 valence electrons. The number of hydrogen-bond acceptors (Lipinski definition) is 1. The van der Waals surface area contributed by atoms with E-state index in [0.29, 0.717) is 5.92 Å². The average molecular weight is 307 g/mol. The number of hydrogen-bond donors (Lipinski definition) is 1. The Bertz CT molecular complexity index is 575. The molecule has 0 saturated carbocycles. The molecule has 2 atom stereocenters. The quantitative estimate of drug-likeness (QED) is 0.590. The molecule has 0 spiro atoms. The normalized spacial score (nSPS) is 14.7. The van der Waals surface area contributed by atoms with E-state index in [1.165, 1.54) is 24.0 Å². The SMILES string of the molecule is C=CNCCC(C)(CCC(C)c1ccccc1)c1ccccc1. The van der Waals surface area contributed by atoms with Gasteiger partial charge in [0.2, 0.25) is 0 Å². The minimum absolute atomic E-state index is 0.195. The molecule has 1 N–H and O–H groups in total. The van der Waals surface area contributed by atoms with Gasteiger partial charge >= 0.3 is 0 Å². The molecule has 0 bridgehead atoms. The minimum Gasteiger partial charge on any atom is -0.391 e. The summed E-state index contributed by atoms with van der Waals surface area (Å²) >= 11 is 0. The predicted octanol–water partition coefficient (Wildman–Crippen LogP) is 5.65. The van der Waals surface area contributed by atoms with Crippen LogP contribution in [-0.2, 0) is 5.41 Å². The first kappa shape index (κ1) is 17.3. The lowest BCUT2D eigenvalue weighted by atomic mass is 9.74. The smallest absolute Gasteiger partial charge is 0.0149 e. The number of nitrogens with one attached hydrogen (secondary N) is 1. The fraction of sp³-hybridized carbons (Fsp3) is 0.364. The van der Waals surface area contributed by atoms with E-state index in [2.05, 4.69) is 86.4 Å². The largest absolute Gasteiger partial charge is 0.391 e. The van der Waals surface area contributed by atoms with E-state index in [-0.39, 0.29) is 5.41 Å². The Hall–Kier alpha value is -2.02. The summed E-state index contributed by atoms with van der Waals surface area (Å²) in [4.78, 5) is 0. The lowest BCUT2D eigenvalue weighted by Crippen LogP contribution is -2.27. The van der Waals surface area contributed by atoms with E-state index >= 15 is 0 Å². The van der Waals surface area contributed by atoms with Crippen LogP contribution >= 0.6 is 0 Å². The third-order valence-electron chi connectivity index (χ3n) is 4.93. The van der Waals surface area contributed by atoms with Crippen LogP contribution in [0.3, 0.4) is 0 Å². The zero-order valence-corrected chi connectivity index (χ0v) is 14.5. The van der Waals surface area contributed by atoms with Gasteiger partial charge < -0.3 is 5.32 Å². The fourth-order valence-electron chi connectivity index (χ4n) is 3.19. The first-order valence-electron chi connectivity index (χ1n) is 8.60. The van der Waals surface area contributed by atoms with Crippen LogP contribution < -0.4 is 5.32 Å². The van der Waals surface area contributed by atoms with E-state index in [0.717, 1.165) is 13.0 Å². The van der Waals surface area contributed by atoms with Gasteiger partial charge in [-0.2, -0.15) is 0 Å². The van der Waals surface area contributed by atoms with E-state index in [1.807, 2.05) is 0 Å². The van der Waals surface area contributed by atoms with Crippen LogP contribution in [0.25, 0.3) is 0 Å². The highest BCUT2D eigenvalue weighted by molar-refractivity contribution is 5.25. The molecule has 2 unspecified atom stereocenters. The summed E-state index contributed by atoms with van der Waals surface area (Å²) < 4.78 is 0. The highest BCUT2D eigenvalue weighted by Gasteiger charge is 2.26. The predicted molar refractivity (Wildman–Crippen MR) is 101 cm³/mol. The molecule has 0 amide bonds. The summed E-state index contributed by atoms with van der Waals surface area (Å²) in [5.41, 5.74) is 3.07. The Morgan fingerprint density at radius 3 is 2.22 bits per heavy atom. The van der Waals surface area contributed by atoms with Crippen LogP contribution in [0.2, 0.25) is 0 Å². The third-order valence-corrected chi connectivity index (χ3v) is 4.93. The standard InChI is InChI=1S/C22H29N/c1-4-23-18-17-22(3,21-13-9-6-10-14-21)16-15-19(2)20-11-7-5-8-12-20/h4-14,19,23H,1,15-18H2,2-3H3. The molecular formula is C22H29N. The zero-order valence-electron chi connectivity index (χ0n) is 14.5. The van der Waals surface area contributed by atoms with Gasteiger partial charge in [-0.3, -0.25) is 0 Å². The summed E-state index contributed by atoms with van der Waals surface area (Å²) in [6, 6.07) is 21.8. The highest BCUT2D eigenvalue weighted by Crippen LogP contribution is 2.35. The second-order valence-corrected chi connectivity index (χ2v) is 6.69. The zero-order chi connectivity index (χ0) is 16.5. The fourth-order valence-corrected chi connectivity index (χ4v) is 3.19. The van der Waals surface area contributed by atoms with Gasteiger partial charge in [0.05, 0.1) is 0 Å². The topological polar surface area (TPSA) is 12.0 Å². The molecule has 0 aliphatic heterocycles. The van der Waals surface area contributed by atoms with Crippen molar-refractivity contribution in [2.24, 2.45) is 0 Å². The Morgan fingerprint density at radius 1 is 1.00 bits per heavy atom. The summed E-state index contributed by atoms with van der Waals surface area (Å²) in [7, 11) is 0. The van der Waals surface area contributed by atoms with Gasteiger partial charge in [0.15, 0.2) is 0 Å².